The molecule has 0 bridgehead atoms. The molecule has 2 aromatic rings. The molecule has 2 aromatic carbocycles. The molecule has 2 N–H and O–H groups in total. The van der Waals surface area contributed by atoms with Gasteiger partial charge in [0.25, 0.3) is 0 Å². The van der Waals surface area contributed by atoms with Crippen LogP contribution in [0.1, 0.15) is 70.1 Å². The number of nitrogens with zero attached hydrogens (tertiary/aromatic N) is 1. The van der Waals surface area contributed by atoms with E-state index in [-0.39, 0.29) is 5.41 Å². The first-order valence-electron chi connectivity index (χ1n) is 13.2. The van der Waals surface area contributed by atoms with Crippen LogP contribution in [0, 0.1) is 0 Å². The van der Waals surface area contributed by atoms with Crippen molar-refractivity contribution in [1.82, 2.24) is 0 Å². The summed E-state index contributed by atoms with van der Waals surface area (Å²) in [6, 6.07) is 17.4. The molecule has 266 valence electrons. The van der Waals surface area contributed by atoms with E-state index in [1.807, 2.05) is 0 Å². The van der Waals surface area contributed by atoms with Crippen LogP contribution in [0.5, 0.6) is 0 Å². The summed E-state index contributed by atoms with van der Waals surface area (Å²) in [7, 11) is -8.38. The van der Waals surface area contributed by atoms with E-state index in [4.69, 9.17) is 29.4 Å². The SMILES string of the molecule is CC(C)c1cccc(C(C)C)c1[N]=[Mo]=[CH]C(C)(C)c1ccccc1.COCCOC.O=S(=O)(O)C(F)(F)F.O=S(=O)(O)C(F)(F)F. The number of hydrogen-bond acceptors (Lipinski definition) is 7. The molecular weight excluding hydrogens is 752 g/mol. The monoisotopic (exact) mass is 795 g/mol. The molecule has 0 heterocycles. The van der Waals surface area contributed by atoms with Crippen LogP contribution in [0.15, 0.2) is 52.0 Å². The fourth-order valence-corrected chi connectivity index (χ4v) is 4.82. The molecule has 2 rings (SSSR count). The quantitative estimate of drug-likeness (QED) is 0.0913. The van der Waals surface area contributed by atoms with Crippen molar-refractivity contribution in [3.63, 3.8) is 0 Å². The first-order valence-corrected chi connectivity index (χ1v) is 18.1. The van der Waals surface area contributed by atoms with Gasteiger partial charge >= 0.3 is 187 Å². The Labute approximate surface area is 275 Å². The van der Waals surface area contributed by atoms with Crippen molar-refractivity contribution >= 4 is 30.3 Å². The van der Waals surface area contributed by atoms with Gasteiger partial charge in [0.05, 0.1) is 13.2 Å². The molecule has 0 aliphatic rings. The molecule has 0 amide bonds. The number of rotatable bonds is 8. The Balaban J connectivity index is 0. The number of ether oxygens (including phenoxy) is 2. The second-order valence-corrected chi connectivity index (χ2v) is 14.7. The van der Waals surface area contributed by atoms with E-state index < -0.39 is 49.2 Å². The Morgan fingerprint density at radius 2 is 1.09 bits per heavy atom. The van der Waals surface area contributed by atoms with E-state index in [0.29, 0.717) is 25.0 Å². The zero-order valence-electron chi connectivity index (χ0n) is 26.5. The average molecular weight is 794 g/mol. The molecule has 0 radical (unpaired) electrons. The van der Waals surface area contributed by atoms with E-state index in [0.717, 1.165) is 0 Å². The molecule has 18 heteroatoms. The molecule has 0 saturated heterocycles. The maximum atomic E-state index is 10.7. The first-order chi connectivity index (χ1) is 20.7. The summed E-state index contributed by atoms with van der Waals surface area (Å²) in [5.41, 5.74) is -5.59. The van der Waals surface area contributed by atoms with E-state index in [2.05, 4.69) is 104 Å². The van der Waals surface area contributed by atoms with Crippen LogP contribution in [0.2, 0.25) is 0 Å². The number of methoxy groups -OCH3 is 2. The van der Waals surface area contributed by atoms with Gasteiger partial charge in [0.2, 0.25) is 0 Å². The van der Waals surface area contributed by atoms with Gasteiger partial charge in [0, 0.05) is 14.2 Å². The zero-order valence-corrected chi connectivity index (χ0v) is 30.2. The molecular formula is C28H41F6MoNO8S2. The molecule has 46 heavy (non-hydrogen) atoms. The van der Waals surface area contributed by atoms with E-state index in [1.54, 1.807) is 14.2 Å². The molecule has 0 atom stereocenters. The summed E-state index contributed by atoms with van der Waals surface area (Å²) in [6.45, 7) is 15.0. The van der Waals surface area contributed by atoms with Gasteiger partial charge in [-0.2, -0.15) is 43.2 Å². The second kappa shape index (κ2) is 20.5. The van der Waals surface area contributed by atoms with Gasteiger partial charge in [-0.3, -0.25) is 9.11 Å². The predicted octanol–water partition coefficient (Wildman–Crippen LogP) is 7.68. The van der Waals surface area contributed by atoms with Gasteiger partial charge in [-0.05, 0) is 0 Å². The van der Waals surface area contributed by atoms with Crippen LogP contribution >= 0.6 is 0 Å². The van der Waals surface area contributed by atoms with Crippen LogP contribution in [-0.2, 0) is 53.0 Å². The minimum Gasteiger partial charge on any atom is -0.382 e. The molecule has 0 aliphatic carbocycles. The zero-order chi connectivity index (χ0) is 36.6. The largest absolute Gasteiger partial charge is 0.522 e. The summed E-state index contributed by atoms with van der Waals surface area (Å²) in [5.74, 6) is 1.02. The standard InChI is InChI=1S/C12H17N.C10H12.C4H10O2.2CHF3O3S.Mo/c1-8(2)10-6-5-7-11(9(3)4)12(10)13;1-10(2,3)9-7-5-4-6-8-9;1-5-3-4-6-2;2*2-1(3,4)8(5,6)7;/h5-9H,1-4H3;1,4-8H,2-3H3;3-4H2,1-2H3;2*(H,5,6,7);. The number of benzene rings is 2. The van der Waals surface area contributed by atoms with Crippen molar-refractivity contribution in [2.45, 2.75) is 69.8 Å². The maximum absolute atomic E-state index is 10.7. The van der Waals surface area contributed by atoms with Gasteiger partial charge in [-0.25, -0.2) is 0 Å². The van der Waals surface area contributed by atoms with E-state index in [1.165, 1.54) is 22.4 Å². The Kier molecular flexibility index (Phi) is 20.6. The van der Waals surface area contributed by atoms with Crippen LogP contribution in [0.25, 0.3) is 0 Å². The molecule has 0 saturated carbocycles. The van der Waals surface area contributed by atoms with E-state index in [9.17, 15) is 26.3 Å². The predicted molar refractivity (Wildman–Crippen MR) is 161 cm³/mol. The summed E-state index contributed by atoms with van der Waals surface area (Å²) >= 11 is -0.553. The first kappa shape index (κ1) is 46.2. The summed E-state index contributed by atoms with van der Waals surface area (Å²) < 4.78 is 132. The molecule has 0 aliphatic heterocycles. The summed E-state index contributed by atoms with van der Waals surface area (Å²) in [4.78, 5) is 0. The Bertz CT molecular complexity index is 1380. The van der Waals surface area contributed by atoms with Gasteiger partial charge in [-0.1, -0.05) is 0 Å². The van der Waals surface area contributed by atoms with Gasteiger partial charge in [0.1, 0.15) is 0 Å². The van der Waals surface area contributed by atoms with Crippen molar-refractivity contribution in [2.24, 2.45) is 3.50 Å². The third-order valence-electron chi connectivity index (χ3n) is 5.43. The van der Waals surface area contributed by atoms with Crippen molar-refractivity contribution in [3.05, 3.63) is 65.2 Å². The van der Waals surface area contributed by atoms with Crippen molar-refractivity contribution in [2.75, 3.05) is 27.4 Å². The third kappa shape index (κ3) is 18.5. The maximum Gasteiger partial charge on any atom is 0.522 e. The Morgan fingerprint density at radius 3 is 1.37 bits per heavy atom. The normalized spacial score (nSPS) is 12.1. The van der Waals surface area contributed by atoms with E-state index >= 15 is 0 Å². The molecule has 9 nitrogen and oxygen atoms in total. The van der Waals surface area contributed by atoms with Crippen LogP contribution in [0.3, 0.4) is 0 Å². The Morgan fingerprint density at radius 1 is 0.739 bits per heavy atom. The second-order valence-electron chi connectivity index (χ2n) is 10.3. The average Bonchev–Trinajstić information content (AvgIpc) is 2.91. The Hall–Kier alpha value is -1.88. The van der Waals surface area contributed by atoms with Crippen LogP contribution in [-0.4, -0.2) is 68.8 Å². The molecule has 0 spiro atoms. The van der Waals surface area contributed by atoms with Crippen molar-refractivity contribution in [3.8, 4) is 0 Å². The molecule has 0 fully saturated rings. The fourth-order valence-electron chi connectivity index (χ4n) is 2.93. The third-order valence-corrected chi connectivity index (χ3v) is 9.01. The minimum absolute atomic E-state index is 0.0811. The topological polar surface area (TPSA) is 140 Å². The van der Waals surface area contributed by atoms with Crippen molar-refractivity contribution in [1.29, 1.82) is 0 Å². The van der Waals surface area contributed by atoms with Gasteiger partial charge in [0.15, 0.2) is 0 Å². The molecule has 0 unspecified atom stereocenters. The van der Waals surface area contributed by atoms with Gasteiger partial charge < -0.3 is 9.47 Å². The number of alkyl halides is 6. The molecule has 0 aromatic heterocycles. The van der Waals surface area contributed by atoms with Crippen LogP contribution in [0.4, 0.5) is 32.0 Å². The fraction of sp³-hybridized carbons (Fsp3) is 0.536. The van der Waals surface area contributed by atoms with Gasteiger partial charge in [-0.15, -0.1) is 0 Å². The van der Waals surface area contributed by atoms with Crippen molar-refractivity contribution < 1.29 is 79.7 Å². The summed E-state index contributed by atoms with van der Waals surface area (Å²) in [6.07, 6.45) is 0. The number of halogens is 6. The minimum atomic E-state index is -5.84. The smallest absolute Gasteiger partial charge is 0.382 e. The van der Waals surface area contributed by atoms with Crippen LogP contribution < -0.4 is 0 Å². The number of hydrogen-bond donors (Lipinski definition) is 2. The summed E-state index contributed by atoms with van der Waals surface area (Å²) in [5, 5.41) is 0.